The van der Waals surface area contributed by atoms with E-state index in [9.17, 15) is 9.59 Å². The fraction of sp³-hybridized carbons (Fsp3) is 0.360. The minimum absolute atomic E-state index is 0.112. The van der Waals surface area contributed by atoms with Crippen LogP contribution in [0.15, 0.2) is 54.6 Å². The first-order valence-corrected chi connectivity index (χ1v) is 10.7. The van der Waals surface area contributed by atoms with E-state index >= 15 is 0 Å². The van der Waals surface area contributed by atoms with Crippen LogP contribution in [-0.4, -0.2) is 43.3 Å². The fourth-order valence-corrected chi connectivity index (χ4v) is 4.20. The van der Waals surface area contributed by atoms with Gasteiger partial charge in [-0.2, -0.15) is 0 Å². The van der Waals surface area contributed by atoms with E-state index in [0.29, 0.717) is 49.6 Å². The molecule has 1 fully saturated rings. The summed E-state index contributed by atoms with van der Waals surface area (Å²) in [5, 5.41) is 0. The lowest BCUT2D eigenvalue weighted by atomic mass is 9.76. The monoisotopic (exact) mass is 421 g/mol. The molecule has 0 bridgehead atoms. The van der Waals surface area contributed by atoms with E-state index in [1.54, 1.807) is 23.1 Å². The van der Waals surface area contributed by atoms with Crippen molar-refractivity contribution >= 4 is 18.0 Å². The van der Waals surface area contributed by atoms with Crippen LogP contribution in [0.4, 0.5) is 0 Å². The van der Waals surface area contributed by atoms with Crippen LogP contribution >= 0.6 is 0 Å². The third kappa shape index (κ3) is 4.58. The molecule has 31 heavy (non-hydrogen) atoms. The summed E-state index contributed by atoms with van der Waals surface area (Å²) in [7, 11) is 0. The van der Waals surface area contributed by atoms with Crippen molar-refractivity contribution in [3.63, 3.8) is 0 Å². The van der Waals surface area contributed by atoms with Gasteiger partial charge in [0.1, 0.15) is 0 Å². The number of piperidine rings is 1. The lowest BCUT2D eigenvalue weighted by Crippen LogP contribution is -2.50. The second-order valence-corrected chi connectivity index (χ2v) is 7.92. The minimum atomic E-state index is -0.745. The van der Waals surface area contributed by atoms with Gasteiger partial charge in [0.2, 0.25) is 6.79 Å². The van der Waals surface area contributed by atoms with Gasteiger partial charge in [0, 0.05) is 18.7 Å². The molecular weight excluding hydrogens is 394 g/mol. The Bertz CT molecular complexity index is 971. The van der Waals surface area contributed by atoms with Gasteiger partial charge in [-0.05, 0) is 49.9 Å². The van der Waals surface area contributed by atoms with Crippen molar-refractivity contribution in [2.45, 2.75) is 26.2 Å². The molecule has 0 aliphatic carbocycles. The highest BCUT2D eigenvalue weighted by Crippen LogP contribution is 2.37. The number of hydrogen-bond donors (Lipinski definition) is 0. The Balaban J connectivity index is 1.53. The second kappa shape index (κ2) is 9.25. The number of benzene rings is 2. The van der Waals surface area contributed by atoms with E-state index < -0.39 is 5.41 Å². The second-order valence-electron chi connectivity index (χ2n) is 7.92. The number of carbonyl (C=O) groups is 2. The zero-order chi connectivity index (χ0) is 21.7. The molecule has 6 heteroatoms. The van der Waals surface area contributed by atoms with Crippen molar-refractivity contribution in [2.24, 2.45) is 5.41 Å². The third-order valence-corrected chi connectivity index (χ3v) is 5.81. The van der Waals surface area contributed by atoms with Crippen molar-refractivity contribution in [3.05, 3.63) is 65.7 Å². The third-order valence-electron chi connectivity index (χ3n) is 5.81. The zero-order valence-corrected chi connectivity index (χ0v) is 17.7. The smallest absolute Gasteiger partial charge is 0.314 e. The molecule has 6 nitrogen and oxygen atoms in total. The first-order chi connectivity index (χ1) is 15.1. The van der Waals surface area contributed by atoms with Gasteiger partial charge in [-0.15, -0.1) is 0 Å². The molecule has 0 aromatic heterocycles. The van der Waals surface area contributed by atoms with Gasteiger partial charge in [0.05, 0.1) is 12.0 Å². The fourth-order valence-electron chi connectivity index (χ4n) is 4.20. The molecule has 0 spiro atoms. The van der Waals surface area contributed by atoms with Crippen molar-refractivity contribution < 1.29 is 23.8 Å². The van der Waals surface area contributed by atoms with Crippen LogP contribution in [0, 0.1) is 5.41 Å². The Morgan fingerprint density at radius 3 is 2.74 bits per heavy atom. The molecule has 2 aliphatic heterocycles. The van der Waals surface area contributed by atoms with Crippen molar-refractivity contribution in [3.8, 4) is 11.5 Å². The van der Waals surface area contributed by atoms with Crippen LogP contribution in [0.5, 0.6) is 11.5 Å². The molecule has 2 aromatic carbocycles. The molecule has 0 N–H and O–H groups in total. The molecular formula is C25H27NO5. The standard InChI is InChI=1S/C25H27NO5/c1-2-29-24(28)25(13-6-10-19-8-4-3-5-9-19)14-7-15-26(17-25)23(27)20-11-12-21-22(16-20)31-18-30-21/h3-6,8-12,16H,2,7,13-15,17-18H2,1H3/b10-6+/t25-/m1/s1. The van der Waals surface area contributed by atoms with E-state index in [-0.39, 0.29) is 18.7 Å². The molecule has 1 amide bonds. The summed E-state index contributed by atoms with van der Waals surface area (Å²) in [6.07, 6.45) is 5.98. The van der Waals surface area contributed by atoms with E-state index in [2.05, 4.69) is 0 Å². The summed E-state index contributed by atoms with van der Waals surface area (Å²) < 4.78 is 16.2. The number of likely N-dealkylation sites (tertiary alicyclic amines) is 1. The number of esters is 1. The molecule has 1 atom stereocenters. The number of fused-ring (bicyclic) bond motifs is 1. The maximum absolute atomic E-state index is 13.2. The maximum Gasteiger partial charge on any atom is 0.314 e. The van der Waals surface area contributed by atoms with E-state index in [1.807, 2.05) is 49.4 Å². The van der Waals surface area contributed by atoms with Gasteiger partial charge < -0.3 is 19.1 Å². The highest BCUT2D eigenvalue weighted by atomic mass is 16.7. The van der Waals surface area contributed by atoms with Crippen molar-refractivity contribution in [2.75, 3.05) is 26.5 Å². The lowest BCUT2D eigenvalue weighted by Gasteiger charge is -2.40. The van der Waals surface area contributed by atoms with Crippen LogP contribution in [0.25, 0.3) is 6.08 Å². The number of ether oxygens (including phenoxy) is 3. The number of carbonyl (C=O) groups excluding carboxylic acids is 2. The van der Waals surface area contributed by atoms with Crippen LogP contribution in [0.3, 0.4) is 0 Å². The predicted molar refractivity (Wildman–Crippen MR) is 117 cm³/mol. The summed E-state index contributed by atoms with van der Waals surface area (Å²) in [6.45, 7) is 3.23. The maximum atomic E-state index is 13.2. The van der Waals surface area contributed by atoms with Gasteiger partial charge in [-0.1, -0.05) is 42.5 Å². The Labute approximate surface area is 182 Å². The highest BCUT2D eigenvalue weighted by molar-refractivity contribution is 5.95. The van der Waals surface area contributed by atoms with E-state index in [0.717, 1.165) is 12.0 Å². The van der Waals surface area contributed by atoms with Gasteiger partial charge in [0.15, 0.2) is 11.5 Å². The number of allylic oxidation sites excluding steroid dienone is 1. The molecule has 1 saturated heterocycles. The molecule has 2 heterocycles. The summed E-state index contributed by atoms with van der Waals surface area (Å²) in [5.74, 6) is 0.863. The molecule has 0 radical (unpaired) electrons. The van der Waals surface area contributed by atoms with Crippen LogP contribution in [0.2, 0.25) is 0 Å². The van der Waals surface area contributed by atoms with Crippen LogP contribution < -0.4 is 9.47 Å². The lowest BCUT2D eigenvalue weighted by molar-refractivity contribution is -0.158. The van der Waals surface area contributed by atoms with Crippen molar-refractivity contribution in [1.29, 1.82) is 0 Å². The summed E-state index contributed by atoms with van der Waals surface area (Å²) in [5.41, 5.74) is 0.861. The van der Waals surface area contributed by atoms with Crippen LogP contribution in [-0.2, 0) is 9.53 Å². The molecule has 0 unspecified atom stereocenters. The quantitative estimate of drug-likeness (QED) is 0.651. The molecule has 2 aliphatic rings. The summed E-state index contributed by atoms with van der Waals surface area (Å²) in [4.78, 5) is 28.0. The molecule has 4 rings (SSSR count). The van der Waals surface area contributed by atoms with Gasteiger partial charge in [-0.3, -0.25) is 9.59 Å². The minimum Gasteiger partial charge on any atom is -0.466 e. The highest BCUT2D eigenvalue weighted by Gasteiger charge is 2.44. The molecule has 2 aromatic rings. The summed E-state index contributed by atoms with van der Waals surface area (Å²) in [6, 6.07) is 15.2. The Morgan fingerprint density at radius 2 is 1.94 bits per heavy atom. The van der Waals surface area contributed by atoms with E-state index in [1.165, 1.54) is 0 Å². The number of hydrogen-bond acceptors (Lipinski definition) is 5. The first kappa shape index (κ1) is 21.0. The number of amides is 1. The molecule has 0 saturated carbocycles. The van der Waals surface area contributed by atoms with Crippen LogP contribution in [0.1, 0.15) is 42.1 Å². The Hall–Kier alpha value is -3.28. The Kier molecular flexibility index (Phi) is 6.26. The SMILES string of the molecule is CCOC(=O)[C@]1(C/C=C/c2ccccc2)CCCN(C(=O)c2ccc3c(c2)OCO3)C1. The average Bonchev–Trinajstić information content (AvgIpc) is 3.27. The van der Waals surface area contributed by atoms with Gasteiger partial charge >= 0.3 is 5.97 Å². The number of nitrogens with zero attached hydrogens (tertiary/aromatic N) is 1. The topological polar surface area (TPSA) is 65.1 Å². The first-order valence-electron chi connectivity index (χ1n) is 10.7. The average molecular weight is 421 g/mol. The van der Waals surface area contributed by atoms with Gasteiger partial charge in [-0.25, -0.2) is 0 Å². The predicted octanol–water partition coefficient (Wildman–Crippen LogP) is 4.30. The van der Waals surface area contributed by atoms with E-state index in [4.69, 9.17) is 14.2 Å². The molecule has 162 valence electrons. The summed E-state index contributed by atoms with van der Waals surface area (Å²) >= 11 is 0. The number of rotatable bonds is 6. The Morgan fingerprint density at radius 1 is 1.13 bits per heavy atom. The normalized spacial score (nSPS) is 20.1. The zero-order valence-electron chi connectivity index (χ0n) is 17.7. The van der Waals surface area contributed by atoms with Crippen molar-refractivity contribution in [1.82, 2.24) is 4.90 Å². The largest absolute Gasteiger partial charge is 0.466 e. The van der Waals surface area contributed by atoms with Gasteiger partial charge in [0.25, 0.3) is 5.91 Å².